The lowest BCUT2D eigenvalue weighted by Crippen LogP contribution is -2.37. The summed E-state index contributed by atoms with van der Waals surface area (Å²) in [6, 6.07) is 9.80. The summed E-state index contributed by atoms with van der Waals surface area (Å²) in [4.78, 5) is 18.5. The molecule has 0 radical (unpaired) electrons. The molecule has 2 atom stereocenters. The largest absolute Gasteiger partial charge is 0.418 e. The molecule has 1 amide bonds. The van der Waals surface area contributed by atoms with Crippen LogP contribution in [0.4, 0.5) is 30.2 Å². The molecule has 1 fully saturated rings. The predicted molar refractivity (Wildman–Crippen MR) is 124 cm³/mol. The van der Waals surface area contributed by atoms with E-state index < -0.39 is 17.7 Å². The molecule has 2 heterocycles. The molecule has 5 rings (SSSR count). The van der Waals surface area contributed by atoms with Crippen molar-refractivity contribution in [2.24, 2.45) is 10.9 Å². The Labute approximate surface area is 191 Å². The molecule has 2 aromatic carbocycles. The maximum Gasteiger partial charge on any atom is 0.418 e. The fraction of sp³-hybridized carbons (Fsp3) is 0.385. The van der Waals surface area contributed by atoms with Crippen LogP contribution in [-0.2, 0) is 11.0 Å². The van der Waals surface area contributed by atoms with Crippen molar-refractivity contribution in [1.29, 1.82) is 0 Å². The highest BCUT2D eigenvalue weighted by molar-refractivity contribution is 6.13. The Hall–Kier alpha value is -3.09. The standard InChI is InChI=1S/C26H26F3N3O/c1-16-5-4-8-22-24(16)20(25(33)31-22)14-30-19-9-10-23(21(13-19)26(27,28)29)32-12-11-17-6-2-3-7-18(17)15-32/h4-5,7-10,13-14,17,20H,2-3,6,11-12,15H2,1H3,(H,31,33). The molecule has 2 unspecified atom stereocenters. The van der Waals surface area contributed by atoms with Gasteiger partial charge in [-0.05, 0) is 73.9 Å². The third-order valence-electron chi connectivity index (χ3n) is 6.98. The number of carbonyl (C=O) groups excluding carboxylic acids is 1. The molecule has 1 N–H and O–H groups in total. The number of hydrogen-bond donors (Lipinski definition) is 1. The second-order valence-corrected chi connectivity index (χ2v) is 9.10. The number of aliphatic imine (C=N–C) groups is 1. The lowest BCUT2D eigenvalue weighted by Gasteiger charge is -2.38. The number of allylic oxidation sites excluding steroid dienone is 1. The van der Waals surface area contributed by atoms with Crippen molar-refractivity contribution in [1.82, 2.24) is 0 Å². The van der Waals surface area contributed by atoms with Gasteiger partial charge in [-0.15, -0.1) is 0 Å². The van der Waals surface area contributed by atoms with Gasteiger partial charge in [0.25, 0.3) is 0 Å². The SMILES string of the molecule is Cc1cccc2c1C(C=Nc1ccc(N3CCC4CCCC=C4C3)c(C(F)(F)F)c1)C(=O)N2. The van der Waals surface area contributed by atoms with Gasteiger partial charge in [0.05, 0.1) is 11.3 Å². The summed E-state index contributed by atoms with van der Waals surface area (Å²) in [7, 11) is 0. The summed E-state index contributed by atoms with van der Waals surface area (Å²) in [6.07, 6.45) is 3.36. The van der Waals surface area contributed by atoms with Crippen molar-refractivity contribution in [3.63, 3.8) is 0 Å². The van der Waals surface area contributed by atoms with E-state index in [0.717, 1.165) is 48.6 Å². The van der Waals surface area contributed by atoms with Gasteiger partial charge in [0.2, 0.25) is 5.91 Å². The topological polar surface area (TPSA) is 44.7 Å². The van der Waals surface area contributed by atoms with Crippen LogP contribution in [0.2, 0.25) is 0 Å². The average Bonchev–Trinajstić information content (AvgIpc) is 3.13. The summed E-state index contributed by atoms with van der Waals surface area (Å²) in [6.45, 7) is 3.07. The highest BCUT2D eigenvalue weighted by atomic mass is 19.4. The molecular weight excluding hydrogens is 427 g/mol. The number of alkyl halides is 3. The molecule has 33 heavy (non-hydrogen) atoms. The van der Waals surface area contributed by atoms with Crippen molar-refractivity contribution in [3.05, 3.63) is 64.7 Å². The zero-order valence-corrected chi connectivity index (χ0v) is 18.5. The van der Waals surface area contributed by atoms with Crippen molar-refractivity contribution < 1.29 is 18.0 Å². The van der Waals surface area contributed by atoms with E-state index in [0.29, 0.717) is 19.0 Å². The minimum absolute atomic E-state index is 0.188. The van der Waals surface area contributed by atoms with E-state index in [4.69, 9.17) is 0 Å². The second-order valence-electron chi connectivity index (χ2n) is 9.10. The van der Waals surface area contributed by atoms with Crippen LogP contribution in [-0.4, -0.2) is 25.2 Å². The lowest BCUT2D eigenvalue weighted by atomic mass is 9.82. The maximum atomic E-state index is 14.0. The number of aryl methyl sites for hydroxylation is 1. The van der Waals surface area contributed by atoms with Crippen LogP contribution in [0.25, 0.3) is 0 Å². The molecule has 0 aromatic heterocycles. The zero-order valence-electron chi connectivity index (χ0n) is 18.5. The molecule has 7 heteroatoms. The van der Waals surface area contributed by atoms with Gasteiger partial charge in [-0.3, -0.25) is 9.79 Å². The van der Waals surface area contributed by atoms with E-state index in [9.17, 15) is 18.0 Å². The van der Waals surface area contributed by atoms with Crippen LogP contribution in [0.15, 0.2) is 53.0 Å². The summed E-state index contributed by atoms with van der Waals surface area (Å²) < 4.78 is 42.0. The Kier molecular flexibility index (Phi) is 5.51. The van der Waals surface area contributed by atoms with E-state index in [1.165, 1.54) is 17.9 Å². The third-order valence-corrected chi connectivity index (χ3v) is 6.98. The van der Waals surface area contributed by atoms with E-state index in [1.807, 2.05) is 30.0 Å². The molecule has 0 saturated carbocycles. The second kappa shape index (κ2) is 8.36. The first-order valence-electron chi connectivity index (χ1n) is 11.4. The number of nitrogens with one attached hydrogen (secondary N) is 1. The Morgan fingerprint density at radius 2 is 2.03 bits per heavy atom. The van der Waals surface area contributed by atoms with Crippen LogP contribution in [0.1, 0.15) is 48.3 Å². The number of halogens is 3. The Morgan fingerprint density at radius 1 is 1.18 bits per heavy atom. The first-order valence-corrected chi connectivity index (χ1v) is 11.4. The van der Waals surface area contributed by atoms with Crippen LogP contribution in [0, 0.1) is 12.8 Å². The first kappa shape index (κ1) is 21.7. The van der Waals surface area contributed by atoms with Gasteiger partial charge in [-0.2, -0.15) is 13.2 Å². The van der Waals surface area contributed by atoms with Crippen LogP contribution < -0.4 is 10.2 Å². The van der Waals surface area contributed by atoms with Gasteiger partial charge < -0.3 is 10.2 Å². The number of rotatable bonds is 3. The van der Waals surface area contributed by atoms with Gasteiger partial charge >= 0.3 is 6.18 Å². The van der Waals surface area contributed by atoms with Gasteiger partial charge in [-0.1, -0.05) is 23.8 Å². The average molecular weight is 454 g/mol. The fourth-order valence-corrected chi connectivity index (χ4v) is 5.30. The molecule has 2 aliphatic heterocycles. The molecule has 2 aromatic rings. The van der Waals surface area contributed by atoms with E-state index in [-0.39, 0.29) is 17.3 Å². The van der Waals surface area contributed by atoms with E-state index in [1.54, 1.807) is 6.07 Å². The number of benzene rings is 2. The van der Waals surface area contributed by atoms with Crippen molar-refractivity contribution in [2.75, 3.05) is 23.3 Å². The van der Waals surface area contributed by atoms with Crippen molar-refractivity contribution in [3.8, 4) is 0 Å². The smallest absolute Gasteiger partial charge is 0.367 e. The molecular formula is C26H26F3N3O. The van der Waals surface area contributed by atoms with Gasteiger partial charge in [0.1, 0.15) is 5.92 Å². The molecule has 0 bridgehead atoms. The first-order chi connectivity index (χ1) is 15.8. The zero-order chi connectivity index (χ0) is 23.2. The molecule has 172 valence electrons. The summed E-state index contributed by atoms with van der Waals surface area (Å²) in [5.41, 5.74) is 3.46. The van der Waals surface area contributed by atoms with Crippen LogP contribution in [0.3, 0.4) is 0 Å². The van der Waals surface area contributed by atoms with Gasteiger partial charge in [-0.25, -0.2) is 0 Å². The Balaban J connectivity index is 1.44. The number of carbonyl (C=O) groups is 1. The number of nitrogens with zero attached hydrogens (tertiary/aromatic N) is 2. The predicted octanol–water partition coefficient (Wildman–Crippen LogP) is 6.39. The minimum atomic E-state index is -4.49. The fourth-order valence-electron chi connectivity index (χ4n) is 5.30. The summed E-state index contributed by atoms with van der Waals surface area (Å²) >= 11 is 0. The minimum Gasteiger partial charge on any atom is -0.367 e. The van der Waals surface area contributed by atoms with E-state index in [2.05, 4.69) is 16.4 Å². The number of piperidine rings is 1. The maximum absolute atomic E-state index is 14.0. The number of amides is 1. The van der Waals surface area contributed by atoms with Crippen molar-refractivity contribution >= 4 is 29.2 Å². The van der Waals surface area contributed by atoms with Crippen molar-refractivity contribution in [2.45, 2.75) is 44.7 Å². The molecule has 3 aliphatic rings. The highest BCUT2D eigenvalue weighted by Gasteiger charge is 2.37. The van der Waals surface area contributed by atoms with E-state index >= 15 is 0 Å². The van der Waals surface area contributed by atoms with Crippen LogP contribution >= 0.6 is 0 Å². The summed E-state index contributed by atoms with van der Waals surface area (Å²) in [5.74, 6) is -0.330. The monoisotopic (exact) mass is 453 g/mol. The van der Waals surface area contributed by atoms with Gasteiger partial charge in [0.15, 0.2) is 0 Å². The molecule has 1 aliphatic carbocycles. The summed E-state index contributed by atoms with van der Waals surface area (Å²) in [5, 5.41) is 2.81. The number of anilines is 2. The Bertz CT molecular complexity index is 1150. The lowest BCUT2D eigenvalue weighted by molar-refractivity contribution is -0.137. The highest BCUT2D eigenvalue weighted by Crippen LogP contribution is 2.42. The Morgan fingerprint density at radius 3 is 2.85 bits per heavy atom. The molecule has 1 saturated heterocycles. The van der Waals surface area contributed by atoms with Gasteiger partial charge in [0, 0.05) is 30.7 Å². The third kappa shape index (κ3) is 4.16. The number of fused-ring (bicyclic) bond motifs is 2. The molecule has 4 nitrogen and oxygen atoms in total. The quantitative estimate of drug-likeness (QED) is 0.432. The van der Waals surface area contributed by atoms with Crippen LogP contribution in [0.5, 0.6) is 0 Å². The molecule has 0 spiro atoms. The normalized spacial score (nSPS) is 22.7. The number of hydrogen-bond acceptors (Lipinski definition) is 3.